The number of hydrogen-bond donors (Lipinski definition) is 2. The number of ether oxygens (including phenoxy) is 1. The molecule has 0 radical (unpaired) electrons. The van der Waals surface area contributed by atoms with Crippen molar-refractivity contribution in [2.24, 2.45) is 5.73 Å². The monoisotopic (exact) mass is 389 g/mol. The minimum absolute atomic E-state index is 0. The van der Waals surface area contributed by atoms with Crippen LogP contribution in [0.3, 0.4) is 0 Å². The Morgan fingerprint density at radius 2 is 1.85 bits per heavy atom. The summed E-state index contributed by atoms with van der Waals surface area (Å²) in [5, 5.41) is 3.00. The predicted molar refractivity (Wildman–Crippen MR) is 111 cm³/mol. The first-order chi connectivity index (χ1) is 12.7. The Hall–Kier alpha value is -2.08. The number of hydrogen-bond acceptors (Lipinski definition) is 4. The topological polar surface area (TPSA) is 67.6 Å². The standard InChI is InChI=1S/C21H27N3O2.ClH/c1-26-20-10-6-5-9-17(20)11-12-23-21(25)15-24-13-18(19(22)14-24)16-7-3-2-4-8-16;/h2-10,18-19H,11-15,22H2,1H3,(H,23,25);1H/t18-,19+;/m0./s1. The number of benzene rings is 2. The van der Waals surface area contributed by atoms with Crippen LogP contribution in [-0.2, 0) is 11.2 Å². The van der Waals surface area contributed by atoms with Gasteiger partial charge in [-0.1, -0.05) is 48.5 Å². The molecule has 6 heteroatoms. The SMILES string of the molecule is COc1ccccc1CCNC(=O)CN1C[C@@H](N)[C@H](c2ccccc2)C1.Cl. The highest BCUT2D eigenvalue weighted by Crippen LogP contribution is 2.26. The van der Waals surface area contributed by atoms with Crippen LogP contribution in [0.25, 0.3) is 0 Å². The van der Waals surface area contributed by atoms with Crippen molar-refractivity contribution in [2.75, 3.05) is 33.3 Å². The van der Waals surface area contributed by atoms with Crippen molar-refractivity contribution in [3.63, 3.8) is 0 Å². The van der Waals surface area contributed by atoms with E-state index >= 15 is 0 Å². The maximum Gasteiger partial charge on any atom is 0.234 e. The van der Waals surface area contributed by atoms with Crippen molar-refractivity contribution in [1.82, 2.24) is 10.2 Å². The van der Waals surface area contributed by atoms with E-state index in [9.17, 15) is 4.79 Å². The van der Waals surface area contributed by atoms with Gasteiger partial charge >= 0.3 is 0 Å². The van der Waals surface area contributed by atoms with Crippen LogP contribution >= 0.6 is 12.4 Å². The average Bonchev–Trinajstić information content (AvgIpc) is 3.03. The Balaban J connectivity index is 0.00000261. The molecule has 0 spiro atoms. The molecule has 1 aliphatic rings. The van der Waals surface area contributed by atoms with E-state index in [0.29, 0.717) is 13.1 Å². The smallest absolute Gasteiger partial charge is 0.234 e. The lowest BCUT2D eigenvalue weighted by atomic mass is 9.95. The summed E-state index contributed by atoms with van der Waals surface area (Å²) in [6.07, 6.45) is 0.752. The second-order valence-electron chi connectivity index (χ2n) is 6.79. The minimum atomic E-state index is 0. The van der Waals surface area contributed by atoms with Crippen LogP contribution in [0.15, 0.2) is 54.6 Å². The Kier molecular flexibility index (Phi) is 8.10. The number of likely N-dealkylation sites (tertiary alicyclic amines) is 1. The quantitative estimate of drug-likeness (QED) is 0.761. The van der Waals surface area contributed by atoms with Crippen molar-refractivity contribution in [3.8, 4) is 5.75 Å². The zero-order valence-electron chi connectivity index (χ0n) is 15.6. The van der Waals surface area contributed by atoms with Crippen molar-refractivity contribution >= 4 is 18.3 Å². The summed E-state index contributed by atoms with van der Waals surface area (Å²) in [4.78, 5) is 14.4. The van der Waals surface area contributed by atoms with Gasteiger partial charge in [-0.2, -0.15) is 0 Å². The highest BCUT2D eigenvalue weighted by molar-refractivity contribution is 5.85. The molecule has 0 aromatic heterocycles. The molecule has 2 aromatic carbocycles. The first kappa shape index (κ1) is 21.2. The molecule has 146 valence electrons. The molecule has 0 bridgehead atoms. The molecule has 2 atom stereocenters. The van der Waals surface area contributed by atoms with E-state index in [4.69, 9.17) is 10.5 Å². The lowest BCUT2D eigenvalue weighted by Crippen LogP contribution is -2.38. The van der Waals surface area contributed by atoms with Crippen LogP contribution in [-0.4, -0.2) is 50.1 Å². The van der Waals surface area contributed by atoms with Gasteiger partial charge in [-0.05, 0) is 23.6 Å². The lowest BCUT2D eigenvalue weighted by molar-refractivity contribution is -0.122. The molecule has 1 saturated heterocycles. The summed E-state index contributed by atoms with van der Waals surface area (Å²) in [6, 6.07) is 18.3. The highest BCUT2D eigenvalue weighted by atomic mass is 35.5. The molecule has 2 aromatic rings. The molecule has 1 amide bonds. The van der Waals surface area contributed by atoms with Crippen LogP contribution in [0.2, 0.25) is 0 Å². The van der Waals surface area contributed by atoms with E-state index < -0.39 is 0 Å². The molecule has 0 aliphatic carbocycles. The molecular weight excluding hydrogens is 362 g/mol. The summed E-state index contributed by atoms with van der Waals surface area (Å²) in [7, 11) is 1.66. The van der Waals surface area contributed by atoms with Crippen LogP contribution in [0.1, 0.15) is 17.0 Å². The van der Waals surface area contributed by atoms with Crippen LogP contribution in [0.5, 0.6) is 5.75 Å². The first-order valence-electron chi connectivity index (χ1n) is 9.09. The van der Waals surface area contributed by atoms with Crippen molar-refractivity contribution in [2.45, 2.75) is 18.4 Å². The summed E-state index contributed by atoms with van der Waals surface area (Å²) < 4.78 is 5.34. The van der Waals surface area contributed by atoms with Crippen molar-refractivity contribution < 1.29 is 9.53 Å². The number of carbonyl (C=O) groups is 1. The molecule has 1 aliphatic heterocycles. The maximum atomic E-state index is 12.3. The molecule has 0 unspecified atom stereocenters. The van der Waals surface area contributed by atoms with Crippen LogP contribution in [0.4, 0.5) is 0 Å². The fourth-order valence-electron chi connectivity index (χ4n) is 3.60. The zero-order valence-corrected chi connectivity index (χ0v) is 16.5. The van der Waals surface area contributed by atoms with Gasteiger partial charge in [-0.3, -0.25) is 9.69 Å². The average molecular weight is 390 g/mol. The van der Waals surface area contributed by atoms with E-state index in [1.54, 1.807) is 7.11 Å². The van der Waals surface area contributed by atoms with Gasteiger partial charge in [-0.15, -0.1) is 12.4 Å². The van der Waals surface area contributed by atoms with Gasteiger partial charge in [0.2, 0.25) is 5.91 Å². The van der Waals surface area contributed by atoms with E-state index in [2.05, 4.69) is 22.3 Å². The fraction of sp³-hybridized carbons (Fsp3) is 0.381. The Labute approximate surface area is 167 Å². The molecule has 3 N–H and O–H groups in total. The van der Waals surface area contributed by atoms with Crippen molar-refractivity contribution in [3.05, 3.63) is 65.7 Å². The van der Waals surface area contributed by atoms with Gasteiger partial charge in [-0.25, -0.2) is 0 Å². The number of carbonyl (C=O) groups excluding carboxylic acids is 1. The number of amides is 1. The number of methoxy groups -OCH3 is 1. The predicted octanol–water partition coefficient (Wildman–Crippen LogP) is 2.20. The summed E-state index contributed by atoms with van der Waals surface area (Å²) >= 11 is 0. The molecule has 27 heavy (non-hydrogen) atoms. The van der Waals surface area contributed by atoms with Gasteiger partial charge in [0.15, 0.2) is 0 Å². The van der Waals surface area contributed by atoms with Crippen LogP contribution < -0.4 is 15.8 Å². The summed E-state index contributed by atoms with van der Waals surface area (Å²) in [6.45, 7) is 2.56. The summed E-state index contributed by atoms with van der Waals surface area (Å²) in [5.41, 5.74) is 8.65. The fourth-order valence-corrected chi connectivity index (χ4v) is 3.60. The number of nitrogens with zero attached hydrogens (tertiary/aromatic N) is 1. The van der Waals surface area contributed by atoms with Gasteiger partial charge in [0.25, 0.3) is 0 Å². The summed E-state index contributed by atoms with van der Waals surface area (Å²) in [5.74, 6) is 1.19. The third-order valence-electron chi connectivity index (χ3n) is 4.94. The maximum absolute atomic E-state index is 12.3. The molecule has 5 nitrogen and oxygen atoms in total. The Morgan fingerprint density at radius 1 is 1.15 bits per heavy atom. The number of rotatable bonds is 7. The second-order valence-corrected chi connectivity index (χ2v) is 6.79. The minimum Gasteiger partial charge on any atom is -0.496 e. The third kappa shape index (κ3) is 5.70. The van der Waals surface area contributed by atoms with E-state index in [0.717, 1.165) is 30.8 Å². The van der Waals surface area contributed by atoms with Gasteiger partial charge in [0, 0.05) is 31.6 Å². The van der Waals surface area contributed by atoms with E-state index in [1.165, 1.54) is 5.56 Å². The number of para-hydroxylation sites is 1. The normalized spacial score (nSPS) is 19.3. The first-order valence-corrected chi connectivity index (χ1v) is 9.09. The van der Waals surface area contributed by atoms with Gasteiger partial charge in [0.1, 0.15) is 5.75 Å². The van der Waals surface area contributed by atoms with Gasteiger partial charge < -0.3 is 15.8 Å². The number of nitrogens with one attached hydrogen (secondary N) is 1. The van der Waals surface area contributed by atoms with Gasteiger partial charge in [0.05, 0.1) is 13.7 Å². The molecule has 1 fully saturated rings. The van der Waals surface area contributed by atoms with Crippen molar-refractivity contribution in [1.29, 1.82) is 0 Å². The van der Waals surface area contributed by atoms with E-state index in [-0.39, 0.29) is 30.3 Å². The molecule has 1 heterocycles. The molecule has 3 rings (SSSR count). The Morgan fingerprint density at radius 3 is 2.59 bits per heavy atom. The molecular formula is C21H28ClN3O2. The third-order valence-corrected chi connectivity index (χ3v) is 4.94. The zero-order chi connectivity index (χ0) is 18.4. The lowest BCUT2D eigenvalue weighted by Gasteiger charge is -2.16. The van der Waals surface area contributed by atoms with Crippen LogP contribution in [0, 0.1) is 0 Å². The van der Waals surface area contributed by atoms with E-state index in [1.807, 2.05) is 42.5 Å². The number of halogens is 1. The number of nitrogens with two attached hydrogens (primary N) is 1. The Bertz CT molecular complexity index is 726. The highest BCUT2D eigenvalue weighted by Gasteiger charge is 2.31. The second kappa shape index (κ2) is 10.3. The largest absolute Gasteiger partial charge is 0.496 e. The molecule has 0 saturated carbocycles.